The number of nitrogens with zero attached hydrogens (tertiary/aromatic N) is 2. The Bertz CT molecular complexity index is 858. The summed E-state index contributed by atoms with van der Waals surface area (Å²) in [5, 5.41) is 1.35. The van der Waals surface area contributed by atoms with Crippen molar-refractivity contribution in [3.63, 3.8) is 0 Å². The van der Waals surface area contributed by atoms with E-state index in [-0.39, 0.29) is 5.82 Å². The number of aromatic nitrogens is 1. The van der Waals surface area contributed by atoms with Crippen molar-refractivity contribution < 1.29 is 4.39 Å². The van der Waals surface area contributed by atoms with Crippen LogP contribution in [0.5, 0.6) is 0 Å². The van der Waals surface area contributed by atoms with Gasteiger partial charge < -0.3 is 9.47 Å². The molecule has 2 nitrogen and oxygen atoms in total. The van der Waals surface area contributed by atoms with Crippen LogP contribution in [-0.4, -0.2) is 29.1 Å². The summed E-state index contributed by atoms with van der Waals surface area (Å²) >= 11 is 0. The average Bonchev–Trinajstić information content (AvgIpc) is 3.11. The number of hydrogen-bond donors (Lipinski definition) is 0. The van der Waals surface area contributed by atoms with E-state index in [2.05, 4.69) is 46.9 Å². The van der Waals surface area contributed by atoms with Gasteiger partial charge in [0.05, 0.1) is 0 Å². The summed E-state index contributed by atoms with van der Waals surface area (Å²) in [5.41, 5.74) is 4.01. The molecule has 1 aliphatic rings. The first-order valence-electron chi connectivity index (χ1n) is 9.79. The van der Waals surface area contributed by atoms with Crippen LogP contribution in [0.2, 0.25) is 0 Å². The lowest BCUT2D eigenvalue weighted by Crippen LogP contribution is -2.35. The van der Waals surface area contributed by atoms with Gasteiger partial charge in [0.1, 0.15) is 5.82 Å². The first kappa shape index (κ1) is 17.3. The van der Waals surface area contributed by atoms with Gasteiger partial charge in [0.25, 0.3) is 0 Å². The highest BCUT2D eigenvalue weighted by Gasteiger charge is 2.21. The summed E-state index contributed by atoms with van der Waals surface area (Å²) in [4.78, 5) is 2.54. The second-order valence-electron chi connectivity index (χ2n) is 7.42. The van der Waals surface area contributed by atoms with Crippen LogP contribution in [0.4, 0.5) is 4.39 Å². The van der Waals surface area contributed by atoms with E-state index in [4.69, 9.17) is 0 Å². The third-order valence-electron chi connectivity index (χ3n) is 5.78. The Morgan fingerprint density at radius 3 is 2.42 bits per heavy atom. The van der Waals surface area contributed by atoms with Crippen LogP contribution in [0.1, 0.15) is 36.9 Å². The van der Waals surface area contributed by atoms with E-state index in [0.29, 0.717) is 6.04 Å². The van der Waals surface area contributed by atoms with Crippen molar-refractivity contribution >= 4 is 10.9 Å². The molecule has 0 N–H and O–H groups in total. The Labute approximate surface area is 155 Å². The second kappa shape index (κ2) is 7.63. The van der Waals surface area contributed by atoms with Crippen LogP contribution >= 0.6 is 0 Å². The average molecular weight is 350 g/mol. The van der Waals surface area contributed by atoms with Crippen molar-refractivity contribution in [3.8, 4) is 0 Å². The fraction of sp³-hybridized carbons (Fsp3) is 0.391. The van der Waals surface area contributed by atoms with Crippen molar-refractivity contribution in [2.75, 3.05) is 19.6 Å². The van der Waals surface area contributed by atoms with Crippen molar-refractivity contribution in [2.24, 2.45) is 0 Å². The molecule has 1 saturated heterocycles. The minimum Gasteiger partial charge on any atom is -0.344 e. The molecular formula is C23H27FN2. The van der Waals surface area contributed by atoms with Gasteiger partial charge in [0.15, 0.2) is 0 Å². The highest BCUT2D eigenvalue weighted by atomic mass is 19.1. The van der Waals surface area contributed by atoms with Gasteiger partial charge >= 0.3 is 0 Å². The molecule has 3 aromatic rings. The van der Waals surface area contributed by atoms with Crippen LogP contribution in [0.3, 0.4) is 0 Å². The van der Waals surface area contributed by atoms with E-state index >= 15 is 0 Å². The Balaban J connectivity index is 1.37. The second-order valence-corrected chi connectivity index (χ2v) is 7.42. The standard InChI is InChI=1S/C23H27FN2/c1-2-18-3-6-20-10-16-26(23(20)17-18)22-11-14-25(15-12-22)13-9-19-4-7-21(24)8-5-19/h3-8,10,16-17,22H,2,9,11-15H2,1H3. The van der Waals surface area contributed by atoms with Crippen LogP contribution < -0.4 is 0 Å². The lowest BCUT2D eigenvalue weighted by molar-refractivity contribution is 0.190. The number of likely N-dealkylation sites (tertiary alicyclic amines) is 1. The van der Waals surface area contributed by atoms with E-state index in [0.717, 1.165) is 32.5 Å². The zero-order chi connectivity index (χ0) is 17.9. The third kappa shape index (κ3) is 3.68. The van der Waals surface area contributed by atoms with Gasteiger partial charge in [-0.3, -0.25) is 0 Å². The molecule has 26 heavy (non-hydrogen) atoms. The SMILES string of the molecule is CCc1ccc2ccn(C3CCN(CCc4ccc(F)cc4)CC3)c2c1. The van der Waals surface area contributed by atoms with Gasteiger partial charge in [-0.1, -0.05) is 31.2 Å². The van der Waals surface area contributed by atoms with E-state index in [1.807, 2.05) is 12.1 Å². The van der Waals surface area contributed by atoms with Gasteiger partial charge in [-0.2, -0.15) is 0 Å². The molecule has 0 radical (unpaired) electrons. The number of piperidine rings is 1. The maximum absolute atomic E-state index is 13.0. The molecule has 0 atom stereocenters. The van der Waals surface area contributed by atoms with Gasteiger partial charge in [0.2, 0.25) is 0 Å². The summed E-state index contributed by atoms with van der Waals surface area (Å²) in [6, 6.07) is 16.6. The molecule has 136 valence electrons. The van der Waals surface area contributed by atoms with Crippen LogP contribution in [-0.2, 0) is 12.8 Å². The van der Waals surface area contributed by atoms with Crippen molar-refractivity contribution in [3.05, 3.63) is 71.7 Å². The van der Waals surface area contributed by atoms with E-state index < -0.39 is 0 Å². The molecule has 0 spiro atoms. The summed E-state index contributed by atoms with van der Waals surface area (Å²) < 4.78 is 15.5. The predicted octanol–water partition coefficient (Wildman–Crippen LogP) is 5.22. The molecule has 3 heteroatoms. The number of benzene rings is 2. The minimum atomic E-state index is -0.153. The Morgan fingerprint density at radius 1 is 0.962 bits per heavy atom. The fourth-order valence-corrected chi connectivity index (χ4v) is 4.09. The fourth-order valence-electron chi connectivity index (χ4n) is 4.09. The van der Waals surface area contributed by atoms with Crippen molar-refractivity contribution in [1.29, 1.82) is 0 Å². The smallest absolute Gasteiger partial charge is 0.123 e. The molecule has 1 fully saturated rings. The summed E-state index contributed by atoms with van der Waals surface area (Å²) in [6.07, 6.45) is 6.75. The maximum atomic E-state index is 13.0. The number of rotatable bonds is 5. The van der Waals surface area contributed by atoms with Gasteiger partial charge in [-0.15, -0.1) is 0 Å². The lowest BCUT2D eigenvalue weighted by Gasteiger charge is -2.33. The summed E-state index contributed by atoms with van der Waals surface area (Å²) in [7, 11) is 0. The molecular weight excluding hydrogens is 323 g/mol. The maximum Gasteiger partial charge on any atom is 0.123 e. The summed E-state index contributed by atoms with van der Waals surface area (Å²) in [6.45, 7) is 5.55. The molecule has 0 aliphatic carbocycles. The minimum absolute atomic E-state index is 0.153. The molecule has 0 amide bonds. The molecule has 2 aromatic carbocycles. The predicted molar refractivity (Wildman–Crippen MR) is 106 cm³/mol. The molecule has 1 aliphatic heterocycles. The van der Waals surface area contributed by atoms with Crippen molar-refractivity contribution in [2.45, 2.75) is 38.6 Å². The van der Waals surface area contributed by atoms with Gasteiger partial charge in [-0.05, 0) is 66.5 Å². The zero-order valence-electron chi connectivity index (χ0n) is 15.5. The van der Waals surface area contributed by atoms with E-state index in [1.165, 1.54) is 34.9 Å². The number of hydrogen-bond acceptors (Lipinski definition) is 1. The van der Waals surface area contributed by atoms with Gasteiger partial charge in [-0.25, -0.2) is 4.39 Å². The largest absolute Gasteiger partial charge is 0.344 e. The van der Waals surface area contributed by atoms with Crippen LogP contribution in [0.25, 0.3) is 10.9 Å². The number of aryl methyl sites for hydroxylation is 1. The Kier molecular flexibility index (Phi) is 5.07. The zero-order valence-corrected chi connectivity index (χ0v) is 15.5. The molecule has 2 heterocycles. The first-order chi connectivity index (χ1) is 12.7. The number of halogens is 1. The van der Waals surface area contributed by atoms with E-state index in [1.54, 1.807) is 12.1 Å². The normalized spacial score (nSPS) is 16.4. The molecule has 0 bridgehead atoms. The number of fused-ring (bicyclic) bond motifs is 1. The Hall–Kier alpha value is -2.13. The topological polar surface area (TPSA) is 8.17 Å². The highest BCUT2D eigenvalue weighted by molar-refractivity contribution is 5.81. The molecule has 0 saturated carbocycles. The quantitative estimate of drug-likeness (QED) is 0.612. The molecule has 4 rings (SSSR count). The highest BCUT2D eigenvalue weighted by Crippen LogP contribution is 2.28. The van der Waals surface area contributed by atoms with Crippen LogP contribution in [0, 0.1) is 5.82 Å². The van der Waals surface area contributed by atoms with E-state index in [9.17, 15) is 4.39 Å². The lowest BCUT2D eigenvalue weighted by atomic mass is 10.0. The Morgan fingerprint density at radius 2 is 1.69 bits per heavy atom. The molecule has 0 unspecified atom stereocenters. The third-order valence-corrected chi connectivity index (χ3v) is 5.78. The summed E-state index contributed by atoms with van der Waals surface area (Å²) in [5.74, 6) is -0.153. The molecule has 1 aromatic heterocycles. The first-order valence-corrected chi connectivity index (χ1v) is 9.79. The van der Waals surface area contributed by atoms with Gasteiger partial charge in [0, 0.05) is 37.4 Å². The van der Waals surface area contributed by atoms with Crippen molar-refractivity contribution in [1.82, 2.24) is 9.47 Å². The van der Waals surface area contributed by atoms with Crippen LogP contribution in [0.15, 0.2) is 54.7 Å². The monoisotopic (exact) mass is 350 g/mol.